The first-order chi connectivity index (χ1) is 37.0. The monoisotopic (exact) mass is 1230 g/mol. The molecule has 0 aliphatic carbocycles. The maximum atomic E-state index is 14.4. The molecule has 3 aliphatic heterocycles. The molecule has 3 fully saturated rings. The molecule has 450 valence electrons. The topological polar surface area (TPSA) is 276 Å². The predicted molar refractivity (Wildman–Crippen MR) is 301 cm³/mol. The van der Waals surface area contributed by atoms with Gasteiger partial charge in [-0.1, -0.05) is 19.9 Å². The summed E-state index contributed by atoms with van der Waals surface area (Å²) in [7, 11) is 7.05. The fourth-order valence-corrected chi connectivity index (χ4v) is 12.0. The number of aliphatic hydroxyl groups is 4. The van der Waals surface area contributed by atoms with Crippen LogP contribution in [0.25, 0.3) is 10.9 Å². The summed E-state index contributed by atoms with van der Waals surface area (Å²) in [6.45, 7) is 20.3. The van der Waals surface area contributed by atoms with Crippen molar-refractivity contribution in [1.82, 2.24) is 19.7 Å². The van der Waals surface area contributed by atoms with Gasteiger partial charge in [-0.25, -0.2) is 4.79 Å². The normalized spacial score (nSPS) is 36.6. The molecule has 4 heterocycles. The summed E-state index contributed by atoms with van der Waals surface area (Å²) >= 11 is 1.82. The summed E-state index contributed by atoms with van der Waals surface area (Å²) in [6.07, 6.45) is -6.76. The number of rotatable bonds is 20. The van der Waals surface area contributed by atoms with Crippen LogP contribution in [0.3, 0.4) is 0 Å². The molecule has 22 nitrogen and oxygen atoms in total. The van der Waals surface area contributed by atoms with E-state index in [1.54, 1.807) is 58.2 Å². The van der Waals surface area contributed by atoms with Crippen LogP contribution in [0, 0.1) is 17.8 Å². The van der Waals surface area contributed by atoms with E-state index in [0.29, 0.717) is 56.7 Å². The average Bonchev–Trinajstić information content (AvgIpc) is 3.38. The van der Waals surface area contributed by atoms with Gasteiger partial charge in [0.25, 0.3) is 0 Å². The zero-order chi connectivity index (χ0) is 58.9. The number of nitrogens with zero attached hydrogens (tertiary/aromatic N) is 3. The smallest absolute Gasteiger partial charge is 0.341 e. The molecular weight excluding hydrogens is 1140 g/mol. The van der Waals surface area contributed by atoms with Gasteiger partial charge in [-0.05, 0) is 136 Å². The number of hydrogen-bond acceptors (Lipinski definition) is 20. The van der Waals surface area contributed by atoms with Crippen molar-refractivity contribution in [2.24, 2.45) is 17.8 Å². The van der Waals surface area contributed by atoms with Crippen LogP contribution in [0.1, 0.15) is 111 Å². The molecule has 3 saturated heterocycles. The van der Waals surface area contributed by atoms with Crippen molar-refractivity contribution in [3.05, 3.63) is 45.7 Å². The Balaban J connectivity index is 1.23. The lowest BCUT2D eigenvalue weighted by Crippen LogP contribution is -2.61. The van der Waals surface area contributed by atoms with E-state index in [-0.39, 0.29) is 56.1 Å². The van der Waals surface area contributed by atoms with Gasteiger partial charge < -0.3 is 87.8 Å². The summed E-state index contributed by atoms with van der Waals surface area (Å²) in [6, 6.07) is 4.36. The number of cyclic esters (lactones) is 1. The number of aliphatic hydroxyl groups excluding tert-OH is 2. The highest BCUT2D eigenvalue weighted by Gasteiger charge is 2.54. The molecule has 0 amide bonds. The second-order valence-electron chi connectivity index (χ2n) is 23.0. The number of halogens is 1. The molecule has 0 saturated carbocycles. The number of aromatic carboxylic acids is 1. The van der Waals surface area contributed by atoms with Crippen molar-refractivity contribution in [1.29, 1.82) is 0 Å². The fourth-order valence-electron chi connectivity index (χ4n) is 11.4. The molecule has 3 aliphatic rings. The van der Waals surface area contributed by atoms with Crippen LogP contribution in [0.5, 0.6) is 0 Å². The highest BCUT2D eigenvalue weighted by Crippen LogP contribution is 2.41. The first-order valence-electron chi connectivity index (χ1n) is 27.6. The van der Waals surface area contributed by atoms with Crippen molar-refractivity contribution in [3.63, 3.8) is 0 Å². The van der Waals surface area contributed by atoms with Crippen molar-refractivity contribution in [3.8, 4) is 0 Å². The Kier molecular flexibility index (Phi) is 24.5. The number of nitrogens with one attached hydrogen (secondary N) is 1. The number of carbonyl (C=O) groups is 3. The Morgan fingerprint density at radius 1 is 0.937 bits per heavy atom. The molecule has 1 aromatic heterocycles. The third-order valence-corrected chi connectivity index (χ3v) is 17.6. The average molecular weight is 1240 g/mol. The van der Waals surface area contributed by atoms with Crippen LogP contribution in [0.4, 0.5) is 0 Å². The minimum absolute atomic E-state index is 0.0264. The van der Waals surface area contributed by atoms with E-state index in [1.165, 1.54) is 20.2 Å². The van der Waals surface area contributed by atoms with E-state index in [4.69, 9.17) is 42.6 Å². The molecule has 5 rings (SSSR count). The summed E-state index contributed by atoms with van der Waals surface area (Å²) in [5.41, 5.74) is -4.13. The van der Waals surface area contributed by atoms with Crippen LogP contribution in [-0.4, -0.2) is 214 Å². The van der Waals surface area contributed by atoms with E-state index in [2.05, 4.69) is 5.32 Å². The van der Waals surface area contributed by atoms with E-state index >= 15 is 0 Å². The van der Waals surface area contributed by atoms with Gasteiger partial charge in [0.05, 0.1) is 74.3 Å². The molecule has 23 heteroatoms. The lowest BCUT2D eigenvalue weighted by Gasteiger charge is -2.49. The molecule has 0 bridgehead atoms. The SMILES string of the molecule is CCn1cc(C(=O)O)c(=O)c2cc(COCCOCCNCCC(=O)O[C@H]3[C@H](C)O[C@@H](O[C@H]4[C@H](C)[C@@H](O[C@@H]5O[C@H](C)C[C@H](N(C)C)[C@H]5O)[C@](C)(O)C[C@@H](C)CN(C)[C@H](C)[C@@H](O)[C@](C)(O)[C@@H](I)OC(=O)[C@@H]4C)C[C@@]3(C)OC)ccc21. The van der Waals surface area contributed by atoms with E-state index in [1.807, 2.05) is 80.4 Å². The number of fused-ring (bicyclic) bond motifs is 1. The Labute approximate surface area is 479 Å². The number of esters is 2. The lowest BCUT2D eigenvalue weighted by molar-refractivity contribution is -0.318. The number of aromatic nitrogens is 1. The fraction of sp³-hybridized carbons (Fsp3) is 0.786. The lowest BCUT2D eigenvalue weighted by atomic mass is 9.77. The molecule has 1 aromatic carbocycles. The van der Waals surface area contributed by atoms with Gasteiger partial charge in [-0.15, -0.1) is 0 Å². The largest absolute Gasteiger partial charge is 0.477 e. The maximum absolute atomic E-state index is 14.4. The van der Waals surface area contributed by atoms with E-state index < -0.39 is 111 Å². The Morgan fingerprint density at radius 2 is 1.62 bits per heavy atom. The second kappa shape index (κ2) is 29.0. The number of likely N-dealkylation sites (N-methyl/N-ethyl adjacent to an activating group) is 2. The molecule has 0 spiro atoms. The van der Waals surface area contributed by atoms with Gasteiger partial charge in [-0.3, -0.25) is 14.4 Å². The first kappa shape index (κ1) is 66.8. The van der Waals surface area contributed by atoms with Crippen molar-refractivity contribution >= 4 is 51.4 Å². The summed E-state index contributed by atoms with van der Waals surface area (Å²) in [5, 5.41) is 60.7. The van der Waals surface area contributed by atoms with E-state index in [0.717, 1.165) is 5.56 Å². The van der Waals surface area contributed by atoms with E-state index in [9.17, 15) is 44.7 Å². The Morgan fingerprint density at radius 3 is 2.27 bits per heavy atom. The molecule has 18 atom stereocenters. The number of hydrogen-bond donors (Lipinski definition) is 6. The zero-order valence-corrected chi connectivity index (χ0v) is 50.9. The minimum Gasteiger partial charge on any atom is -0.477 e. The number of pyridine rings is 1. The van der Waals surface area contributed by atoms with Crippen LogP contribution >= 0.6 is 22.6 Å². The Bertz CT molecular complexity index is 2380. The highest BCUT2D eigenvalue weighted by atomic mass is 127. The second-order valence-corrected chi connectivity index (χ2v) is 24.2. The Hall–Kier alpha value is -2.99. The molecule has 0 radical (unpaired) electrons. The zero-order valence-electron chi connectivity index (χ0n) is 48.7. The minimum atomic E-state index is -1.89. The van der Waals surface area contributed by atoms with Crippen molar-refractivity contribution < 1.29 is 82.5 Å². The van der Waals surface area contributed by atoms with Crippen LogP contribution in [-0.2, 0) is 65.4 Å². The molecule has 0 unspecified atom stereocenters. The summed E-state index contributed by atoms with van der Waals surface area (Å²) < 4.78 is 56.5. The number of ether oxygens (including phenoxy) is 9. The van der Waals surface area contributed by atoms with Gasteiger partial charge in [0.1, 0.15) is 29.0 Å². The maximum Gasteiger partial charge on any atom is 0.341 e. The third-order valence-electron chi connectivity index (χ3n) is 16.1. The molecule has 2 aromatic rings. The number of benzene rings is 1. The predicted octanol–water partition coefficient (Wildman–Crippen LogP) is 3.68. The number of methoxy groups -OCH3 is 1. The highest BCUT2D eigenvalue weighted by molar-refractivity contribution is 14.1. The quantitative estimate of drug-likeness (QED) is 0.0478. The van der Waals surface area contributed by atoms with Gasteiger partial charge in [0.2, 0.25) is 5.43 Å². The van der Waals surface area contributed by atoms with Crippen LogP contribution in [0.15, 0.2) is 29.2 Å². The summed E-state index contributed by atoms with van der Waals surface area (Å²) in [4.78, 5) is 56.1. The van der Waals surface area contributed by atoms with Gasteiger partial charge in [-0.2, -0.15) is 0 Å². The number of carboxylic acid groups (broad SMARTS) is 1. The molecule has 79 heavy (non-hydrogen) atoms. The standard InChI is InChI=1S/C56H91IN4O18/c1-15-61-29-39(50(66)67)44(63)38-25-37(16-17-40(38)61)30-73-23-22-72-21-20-58-19-18-42(62)76-49-36(7)75-43(27-55(49,9)71-14)77-46-33(4)48(78-52-45(64)41(59(11)12)24-32(3)74-52)54(8,69)26-31(2)28-60(13)35(6)47(65)56(10,70)53(57)79-51(68)34(46)5/h16-17,25,29,31-36,41,43,45-49,52-53,58,64-65,69-70H,15,18-24,26-28,30H2,1-14H3,(H,66,67)/t31-,32-,33+,34-,35-,36+,41+,43+,45-,46+,47-,48-,49+,52+,53+,54-,55-,56+/m1/s1. The first-order valence-corrected chi connectivity index (χ1v) is 28.9. The number of alkyl halides is 1. The third kappa shape index (κ3) is 16.9. The van der Waals surface area contributed by atoms with Crippen LogP contribution < -0.4 is 10.7 Å². The van der Waals surface area contributed by atoms with Gasteiger partial charge in [0.15, 0.2) is 22.8 Å². The summed E-state index contributed by atoms with van der Waals surface area (Å²) in [5.74, 6) is -4.68. The van der Waals surface area contributed by atoms with Gasteiger partial charge >= 0.3 is 17.9 Å². The number of carbonyl (C=O) groups excluding carboxylic acids is 2. The van der Waals surface area contributed by atoms with Crippen molar-refractivity contribution in [2.45, 2.75) is 196 Å². The number of carboxylic acids is 1. The molecule has 6 N–H and O–H groups in total. The molecular formula is C56H91IN4O18. The van der Waals surface area contributed by atoms with Crippen molar-refractivity contribution in [2.75, 3.05) is 67.7 Å². The number of aryl methyl sites for hydroxylation is 1. The van der Waals surface area contributed by atoms with Gasteiger partial charge in [0, 0.05) is 69.3 Å². The van der Waals surface area contributed by atoms with Crippen LogP contribution in [0.2, 0.25) is 0 Å².